The molecule has 1 aromatic heterocycles. The highest BCUT2D eigenvalue weighted by Crippen LogP contribution is 2.36. The Morgan fingerprint density at radius 2 is 1.85 bits per heavy atom. The van der Waals surface area contributed by atoms with Crippen LogP contribution in [0.2, 0.25) is 0 Å². The summed E-state index contributed by atoms with van der Waals surface area (Å²) in [7, 11) is 0. The average molecular weight is 468 g/mol. The maximum Gasteiger partial charge on any atom is 0.245 e. The van der Waals surface area contributed by atoms with Gasteiger partial charge >= 0.3 is 0 Å². The first-order valence-corrected chi connectivity index (χ1v) is 12.5. The molecule has 1 N–H and O–H groups in total. The minimum Gasteiger partial charge on any atom is -0.456 e. The summed E-state index contributed by atoms with van der Waals surface area (Å²) in [5.41, 5.74) is 0.910. The van der Waals surface area contributed by atoms with Gasteiger partial charge in [0.05, 0.1) is 12.2 Å². The zero-order valence-electron chi connectivity index (χ0n) is 19.8. The summed E-state index contributed by atoms with van der Waals surface area (Å²) in [6.07, 6.45) is 11.7. The Morgan fingerprint density at radius 1 is 1.09 bits per heavy atom. The number of nitrogens with one attached hydrogen (secondary N) is 1. The van der Waals surface area contributed by atoms with Crippen molar-refractivity contribution >= 4 is 11.8 Å². The molecule has 2 atom stereocenters. The van der Waals surface area contributed by atoms with Gasteiger partial charge in [0, 0.05) is 19.2 Å². The van der Waals surface area contributed by atoms with Crippen molar-refractivity contribution in [1.82, 2.24) is 15.2 Å². The molecular formula is C27H34FN3O3. The summed E-state index contributed by atoms with van der Waals surface area (Å²) in [5, 5.41) is 3.08. The number of amides is 2. The van der Waals surface area contributed by atoms with Crippen molar-refractivity contribution in [2.45, 2.75) is 76.8 Å². The summed E-state index contributed by atoms with van der Waals surface area (Å²) >= 11 is 0. The molecule has 2 aliphatic rings. The number of nitrogens with zero attached hydrogens (tertiary/aromatic N) is 2. The number of aromatic nitrogens is 1. The maximum atomic E-state index is 13.8. The third-order valence-corrected chi connectivity index (χ3v) is 6.89. The minimum absolute atomic E-state index is 0.0173. The summed E-state index contributed by atoms with van der Waals surface area (Å²) in [4.78, 5) is 32.5. The van der Waals surface area contributed by atoms with Crippen molar-refractivity contribution in [2.75, 3.05) is 6.54 Å². The van der Waals surface area contributed by atoms with Gasteiger partial charge in [-0.1, -0.05) is 26.2 Å². The molecule has 1 aliphatic heterocycles. The van der Waals surface area contributed by atoms with Gasteiger partial charge < -0.3 is 15.0 Å². The van der Waals surface area contributed by atoms with Gasteiger partial charge in [0.25, 0.3) is 0 Å². The molecule has 1 aliphatic carbocycles. The van der Waals surface area contributed by atoms with E-state index in [1.807, 2.05) is 17.9 Å². The molecule has 0 bridgehead atoms. The molecule has 1 saturated carbocycles. The Bertz CT molecular complexity index is 975. The third-order valence-electron chi connectivity index (χ3n) is 6.89. The summed E-state index contributed by atoms with van der Waals surface area (Å²) in [6.45, 7) is 2.64. The smallest absolute Gasteiger partial charge is 0.245 e. The molecule has 2 fully saturated rings. The lowest BCUT2D eigenvalue weighted by atomic mass is 9.83. The molecule has 7 heteroatoms. The van der Waals surface area contributed by atoms with Crippen LogP contribution in [0.3, 0.4) is 0 Å². The number of ether oxygens (including phenoxy) is 1. The van der Waals surface area contributed by atoms with Crippen molar-refractivity contribution in [2.24, 2.45) is 5.92 Å². The quantitative estimate of drug-likeness (QED) is 0.553. The van der Waals surface area contributed by atoms with E-state index in [4.69, 9.17) is 4.74 Å². The second-order valence-electron chi connectivity index (χ2n) is 9.39. The highest BCUT2D eigenvalue weighted by atomic mass is 19.1. The number of benzene rings is 1. The Hall–Kier alpha value is -2.96. The molecule has 1 saturated heterocycles. The van der Waals surface area contributed by atoms with E-state index in [1.54, 1.807) is 24.5 Å². The molecule has 2 amide bonds. The van der Waals surface area contributed by atoms with Gasteiger partial charge in [-0.2, -0.15) is 0 Å². The first-order chi connectivity index (χ1) is 16.5. The number of likely N-dealkylation sites (tertiary alicyclic amines) is 1. The van der Waals surface area contributed by atoms with Crippen LogP contribution in [0.4, 0.5) is 4.39 Å². The fourth-order valence-corrected chi connectivity index (χ4v) is 5.19. The molecule has 4 rings (SSSR count). The Labute approximate surface area is 200 Å². The van der Waals surface area contributed by atoms with Crippen LogP contribution in [0.25, 0.3) is 0 Å². The molecule has 34 heavy (non-hydrogen) atoms. The molecule has 2 heterocycles. The number of hydrogen-bond acceptors (Lipinski definition) is 4. The molecule has 6 nitrogen and oxygen atoms in total. The number of rotatable bonds is 8. The van der Waals surface area contributed by atoms with E-state index >= 15 is 0 Å². The molecule has 2 aromatic rings. The lowest BCUT2D eigenvalue weighted by molar-refractivity contribution is -0.139. The maximum absolute atomic E-state index is 13.8. The monoisotopic (exact) mass is 467 g/mol. The fourth-order valence-electron chi connectivity index (χ4n) is 5.19. The highest BCUT2D eigenvalue weighted by molar-refractivity contribution is 5.88. The van der Waals surface area contributed by atoms with Gasteiger partial charge in [-0.05, 0) is 73.9 Å². The largest absolute Gasteiger partial charge is 0.456 e. The fraction of sp³-hybridized carbons (Fsp3) is 0.519. The molecule has 182 valence electrons. The van der Waals surface area contributed by atoms with Crippen molar-refractivity contribution in [3.63, 3.8) is 0 Å². The first-order valence-electron chi connectivity index (χ1n) is 12.5. The average Bonchev–Trinajstić information content (AvgIpc) is 3.35. The van der Waals surface area contributed by atoms with E-state index in [9.17, 15) is 14.0 Å². The lowest BCUT2D eigenvalue weighted by Gasteiger charge is -2.35. The van der Waals surface area contributed by atoms with Crippen LogP contribution >= 0.6 is 0 Å². The summed E-state index contributed by atoms with van der Waals surface area (Å²) < 4.78 is 19.1. The lowest BCUT2D eigenvalue weighted by Crippen LogP contribution is -2.52. The zero-order valence-corrected chi connectivity index (χ0v) is 19.8. The van der Waals surface area contributed by atoms with Crippen molar-refractivity contribution in [3.05, 3.63) is 54.1 Å². The van der Waals surface area contributed by atoms with Gasteiger partial charge in [0.1, 0.15) is 23.4 Å². The van der Waals surface area contributed by atoms with E-state index in [0.29, 0.717) is 24.5 Å². The standard InChI is InChI=1S/C27H34FN3O3/c1-2-7-25(32)30-26(19-8-4-3-5-9-19)27(33)31-15-6-10-24(31)20-16-23(18-29-17-20)34-22-13-11-21(28)12-14-22/h11-14,16-19,24,26H,2-10,15H2,1H3,(H,30,32)/t24-,26-/m0/s1. The number of carbonyl (C=O) groups is 2. The zero-order chi connectivity index (χ0) is 23.9. The Morgan fingerprint density at radius 3 is 2.59 bits per heavy atom. The molecule has 1 aromatic carbocycles. The molecule has 0 spiro atoms. The van der Waals surface area contributed by atoms with Gasteiger partial charge in [-0.25, -0.2) is 4.39 Å². The van der Waals surface area contributed by atoms with Crippen LogP contribution in [0.15, 0.2) is 42.7 Å². The van der Waals surface area contributed by atoms with E-state index in [2.05, 4.69) is 10.3 Å². The van der Waals surface area contributed by atoms with Crippen molar-refractivity contribution in [1.29, 1.82) is 0 Å². The number of hydrogen-bond donors (Lipinski definition) is 1. The van der Waals surface area contributed by atoms with E-state index in [0.717, 1.165) is 50.5 Å². The minimum atomic E-state index is -0.466. The Kier molecular flexibility index (Phi) is 8.14. The van der Waals surface area contributed by atoms with Gasteiger partial charge in [-0.15, -0.1) is 0 Å². The predicted octanol–water partition coefficient (Wildman–Crippen LogP) is 5.54. The van der Waals surface area contributed by atoms with Gasteiger partial charge in [0.15, 0.2) is 0 Å². The van der Waals surface area contributed by atoms with E-state index in [-0.39, 0.29) is 29.6 Å². The second kappa shape index (κ2) is 11.4. The number of carbonyl (C=O) groups excluding carboxylic acids is 2. The first kappa shape index (κ1) is 24.2. The van der Waals surface area contributed by atoms with Crippen LogP contribution in [-0.4, -0.2) is 34.3 Å². The molecule has 0 radical (unpaired) electrons. The second-order valence-corrected chi connectivity index (χ2v) is 9.39. The number of pyridine rings is 1. The SMILES string of the molecule is CCCC(=O)N[C@H](C(=O)N1CCC[C@H]1c1cncc(Oc2ccc(F)cc2)c1)C1CCCCC1. The predicted molar refractivity (Wildman–Crippen MR) is 128 cm³/mol. The van der Waals surface area contributed by atoms with Gasteiger partial charge in [-0.3, -0.25) is 14.6 Å². The van der Waals surface area contributed by atoms with Crippen LogP contribution in [0.5, 0.6) is 11.5 Å². The van der Waals surface area contributed by atoms with Crippen LogP contribution in [0, 0.1) is 11.7 Å². The normalized spacial score (nSPS) is 19.6. The van der Waals surface area contributed by atoms with Gasteiger partial charge in [0.2, 0.25) is 11.8 Å². The van der Waals surface area contributed by atoms with Crippen LogP contribution in [-0.2, 0) is 9.59 Å². The van der Waals surface area contributed by atoms with Crippen molar-refractivity contribution < 1.29 is 18.7 Å². The molecular weight excluding hydrogens is 433 g/mol. The summed E-state index contributed by atoms with van der Waals surface area (Å²) in [5.74, 6) is 0.911. The van der Waals surface area contributed by atoms with E-state index in [1.165, 1.54) is 18.6 Å². The molecule has 0 unspecified atom stereocenters. The van der Waals surface area contributed by atoms with Crippen LogP contribution in [0.1, 0.15) is 76.3 Å². The van der Waals surface area contributed by atoms with Crippen LogP contribution < -0.4 is 10.1 Å². The van der Waals surface area contributed by atoms with Crippen molar-refractivity contribution in [3.8, 4) is 11.5 Å². The third kappa shape index (κ3) is 5.93. The Balaban J connectivity index is 1.52. The topological polar surface area (TPSA) is 71.5 Å². The number of halogens is 1. The summed E-state index contributed by atoms with van der Waals surface area (Å²) in [6, 6.07) is 7.17. The highest BCUT2D eigenvalue weighted by Gasteiger charge is 2.38. The van der Waals surface area contributed by atoms with E-state index < -0.39 is 6.04 Å².